The van der Waals surface area contributed by atoms with E-state index in [4.69, 9.17) is 9.84 Å². The number of carbonyl (C=O) groups is 3. The summed E-state index contributed by atoms with van der Waals surface area (Å²) in [6.07, 6.45) is 2.13. The quantitative estimate of drug-likeness (QED) is 0.680. The Hall–Kier alpha value is -2.57. The summed E-state index contributed by atoms with van der Waals surface area (Å²) in [5, 5.41) is 11.9. The summed E-state index contributed by atoms with van der Waals surface area (Å²) in [7, 11) is 0. The van der Waals surface area contributed by atoms with Crippen LogP contribution in [0.4, 0.5) is 4.79 Å². The number of carboxylic acids is 1. The molecule has 0 spiro atoms. The number of hydrogen-bond acceptors (Lipinski definition) is 4. The Morgan fingerprint density at radius 2 is 1.89 bits per heavy atom. The van der Waals surface area contributed by atoms with Crippen LogP contribution in [0.3, 0.4) is 0 Å². The molecular weight excluding hydrogens is 348 g/mol. The maximum atomic E-state index is 12.6. The molecule has 2 rings (SSSR count). The first-order valence-electron chi connectivity index (χ1n) is 9.47. The van der Waals surface area contributed by atoms with Gasteiger partial charge >= 0.3 is 18.0 Å². The van der Waals surface area contributed by atoms with Gasteiger partial charge in [-0.3, -0.25) is 9.59 Å². The Balaban J connectivity index is 1.89. The number of rotatable bonds is 8. The Morgan fingerprint density at radius 1 is 1.22 bits per heavy atom. The van der Waals surface area contributed by atoms with Crippen LogP contribution < -0.4 is 5.32 Å². The van der Waals surface area contributed by atoms with Crippen molar-refractivity contribution in [1.82, 2.24) is 10.2 Å². The average Bonchev–Trinajstić information content (AvgIpc) is 2.67. The van der Waals surface area contributed by atoms with E-state index in [0.717, 1.165) is 5.56 Å². The minimum absolute atomic E-state index is 0.00269. The number of amides is 2. The lowest BCUT2D eigenvalue weighted by atomic mass is 9.97. The van der Waals surface area contributed by atoms with Gasteiger partial charge in [0.1, 0.15) is 0 Å². The fraction of sp³-hybridized carbons (Fsp3) is 0.550. The molecule has 0 bridgehead atoms. The molecule has 1 atom stereocenters. The maximum absolute atomic E-state index is 12.6. The number of likely N-dealkylation sites (tertiary alicyclic amines) is 1. The van der Waals surface area contributed by atoms with Crippen LogP contribution in [-0.4, -0.2) is 53.7 Å². The first-order chi connectivity index (χ1) is 13.0. The van der Waals surface area contributed by atoms with E-state index in [1.54, 1.807) is 11.8 Å². The van der Waals surface area contributed by atoms with Gasteiger partial charge in [-0.2, -0.15) is 0 Å². The molecule has 0 aromatic heterocycles. The van der Waals surface area contributed by atoms with Crippen LogP contribution in [0.5, 0.6) is 0 Å². The van der Waals surface area contributed by atoms with E-state index in [1.807, 2.05) is 30.3 Å². The molecule has 2 amide bonds. The van der Waals surface area contributed by atoms with E-state index in [1.165, 1.54) is 0 Å². The lowest BCUT2D eigenvalue weighted by molar-refractivity contribution is -0.149. The molecule has 27 heavy (non-hydrogen) atoms. The fourth-order valence-corrected chi connectivity index (χ4v) is 3.27. The Kier molecular flexibility index (Phi) is 8.10. The summed E-state index contributed by atoms with van der Waals surface area (Å²) >= 11 is 0. The van der Waals surface area contributed by atoms with Crippen LogP contribution in [-0.2, 0) is 20.7 Å². The predicted octanol–water partition coefficient (Wildman–Crippen LogP) is 2.45. The molecule has 7 nitrogen and oxygen atoms in total. The van der Waals surface area contributed by atoms with Gasteiger partial charge in [-0.25, -0.2) is 4.79 Å². The zero-order valence-electron chi connectivity index (χ0n) is 15.7. The smallest absolute Gasteiger partial charge is 0.317 e. The molecule has 0 radical (unpaired) electrons. The van der Waals surface area contributed by atoms with Crippen LogP contribution in [0.25, 0.3) is 0 Å². The second-order valence-electron chi connectivity index (χ2n) is 6.78. The SMILES string of the molecule is CCOC(=O)C1CCN(C(=O)NC(CCC(=O)O)Cc2ccccc2)CC1. The molecule has 1 aliphatic heterocycles. The number of aliphatic carboxylic acids is 1. The van der Waals surface area contributed by atoms with Crippen molar-refractivity contribution in [2.24, 2.45) is 5.92 Å². The number of carboxylic acid groups (broad SMARTS) is 1. The molecule has 7 heteroatoms. The third-order valence-electron chi connectivity index (χ3n) is 4.76. The highest BCUT2D eigenvalue weighted by atomic mass is 16.5. The molecule has 1 aromatic carbocycles. The minimum atomic E-state index is -0.877. The van der Waals surface area contributed by atoms with Crippen molar-refractivity contribution < 1.29 is 24.2 Å². The normalized spacial score (nSPS) is 15.8. The van der Waals surface area contributed by atoms with Gasteiger partial charge in [-0.05, 0) is 38.2 Å². The zero-order chi connectivity index (χ0) is 19.6. The Labute approximate surface area is 159 Å². The number of hydrogen-bond donors (Lipinski definition) is 2. The van der Waals surface area contributed by atoms with Crippen LogP contribution >= 0.6 is 0 Å². The number of carbonyl (C=O) groups excluding carboxylic acids is 2. The van der Waals surface area contributed by atoms with Crippen molar-refractivity contribution >= 4 is 18.0 Å². The van der Waals surface area contributed by atoms with E-state index in [9.17, 15) is 14.4 Å². The lowest BCUT2D eigenvalue weighted by Gasteiger charge is -2.32. The maximum Gasteiger partial charge on any atom is 0.317 e. The van der Waals surface area contributed by atoms with Crippen molar-refractivity contribution in [1.29, 1.82) is 0 Å². The minimum Gasteiger partial charge on any atom is -0.481 e. The first kappa shape index (κ1) is 20.7. The van der Waals surface area contributed by atoms with Crippen molar-refractivity contribution in [2.45, 2.75) is 45.1 Å². The van der Waals surface area contributed by atoms with E-state index in [-0.39, 0.29) is 30.4 Å². The second-order valence-corrected chi connectivity index (χ2v) is 6.78. The first-order valence-corrected chi connectivity index (χ1v) is 9.47. The van der Waals surface area contributed by atoms with Gasteiger partial charge < -0.3 is 20.1 Å². The van der Waals surface area contributed by atoms with Gasteiger partial charge in [0.2, 0.25) is 0 Å². The van der Waals surface area contributed by atoms with Crippen LogP contribution in [0.15, 0.2) is 30.3 Å². The number of piperidine rings is 1. The third kappa shape index (κ3) is 6.92. The molecule has 1 fully saturated rings. The molecule has 1 saturated heterocycles. The molecule has 0 saturated carbocycles. The number of urea groups is 1. The lowest BCUT2D eigenvalue weighted by Crippen LogP contribution is -2.49. The summed E-state index contributed by atoms with van der Waals surface area (Å²) in [5.41, 5.74) is 1.05. The van der Waals surface area contributed by atoms with Crippen LogP contribution in [0.1, 0.15) is 38.2 Å². The second kappa shape index (κ2) is 10.5. The molecule has 1 aliphatic rings. The van der Waals surface area contributed by atoms with Crippen molar-refractivity contribution in [3.63, 3.8) is 0 Å². The Bertz CT molecular complexity index is 627. The molecule has 0 aliphatic carbocycles. The van der Waals surface area contributed by atoms with E-state index < -0.39 is 5.97 Å². The summed E-state index contributed by atoms with van der Waals surface area (Å²) < 4.78 is 5.05. The highest BCUT2D eigenvalue weighted by molar-refractivity contribution is 5.76. The largest absolute Gasteiger partial charge is 0.481 e. The average molecular weight is 376 g/mol. The van der Waals surface area contributed by atoms with Crippen molar-refractivity contribution in [3.8, 4) is 0 Å². The number of nitrogens with one attached hydrogen (secondary N) is 1. The molecule has 1 aromatic rings. The van der Waals surface area contributed by atoms with Gasteiger partial charge in [-0.15, -0.1) is 0 Å². The monoisotopic (exact) mass is 376 g/mol. The summed E-state index contributed by atoms with van der Waals surface area (Å²) in [5.74, 6) is -1.22. The molecular formula is C20H28N2O5. The molecule has 1 heterocycles. The standard InChI is InChI=1S/C20H28N2O5/c1-2-27-19(25)16-10-12-22(13-11-16)20(26)21-17(8-9-18(23)24)14-15-6-4-3-5-7-15/h3-7,16-17H,2,8-14H2,1H3,(H,21,26)(H,23,24). The van der Waals surface area contributed by atoms with E-state index in [2.05, 4.69) is 5.32 Å². The molecule has 148 valence electrons. The predicted molar refractivity (Wildman–Crippen MR) is 100 cm³/mol. The van der Waals surface area contributed by atoms with E-state index >= 15 is 0 Å². The van der Waals surface area contributed by atoms with E-state index in [0.29, 0.717) is 45.4 Å². The third-order valence-corrected chi connectivity index (χ3v) is 4.76. The van der Waals surface area contributed by atoms with Crippen LogP contribution in [0, 0.1) is 5.92 Å². The number of benzene rings is 1. The number of esters is 1. The number of nitrogens with zero attached hydrogens (tertiary/aromatic N) is 1. The zero-order valence-corrected chi connectivity index (χ0v) is 15.7. The van der Waals surface area contributed by atoms with Crippen molar-refractivity contribution in [2.75, 3.05) is 19.7 Å². The molecule has 2 N–H and O–H groups in total. The summed E-state index contributed by atoms with van der Waals surface area (Å²) in [6.45, 7) is 3.13. The van der Waals surface area contributed by atoms with Gasteiger partial charge in [-0.1, -0.05) is 30.3 Å². The van der Waals surface area contributed by atoms with Crippen molar-refractivity contribution in [3.05, 3.63) is 35.9 Å². The van der Waals surface area contributed by atoms with Gasteiger partial charge in [0, 0.05) is 25.6 Å². The van der Waals surface area contributed by atoms with Gasteiger partial charge in [0.25, 0.3) is 0 Å². The Morgan fingerprint density at radius 3 is 2.48 bits per heavy atom. The molecule has 1 unspecified atom stereocenters. The topological polar surface area (TPSA) is 95.9 Å². The highest BCUT2D eigenvalue weighted by Crippen LogP contribution is 2.19. The van der Waals surface area contributed by atoms with Gasteiger partial charge in [0.15, 0.2) is 0 Å². The van der Waals surface area contributed by atoms with Gasteiger partial charge in [0.05, 0.1) is 12.5 Å². The summed E-state index contributed by atoms with van der Waals surface area (Å²) in [4.78, 5) is 37.0. The van der Waals surface area contributed by atoms with Crippen LogP contribution in [0.2, 0.25) is 0 Å². The highest BCUT2D eigenvalue weighted by Gasteiger charge is 2.29. The summed E-state index contributed by atoms with van der Waals surface area (Å²) in [6, 6.07) is 9.23. The number of ether oxygens (including phenoxy) is 1. The fourth-order valence-electron chi connectivity index (χ4n) is 3.27.